The van der Waals surface area contributed by atoms with E-state index in [0.29, 0.717) is 18.1 Å². The Morgan fingerprint density at radius 3 is 2.76 bits per heavy atom. The highest BCUT2D eigenvalue weighted by Crippen LogP contribution is 2.21. The highest BCUT2D eigenvalue weighted by atomic mass is 32.1. The average Bonchev–Trinajstić information content (AvgIpc) is 2.80. The normalized spacial score (nSPS) is 13.0. The summed E-state index contributed by atoms with van der Waals surface area (Å²) in [5.41, 5.74) is -0.154. The van der Waals surface area contributed by atoms with Crippen molar-refractivity contribution >= 4 is 22.5 Å². The van der Waals surface area contributed by atoms with Crippen molar-refractivity contribution in [2.75, 3.05) is 11.9 Å². The molecule has 1 aromatic heterocycles. The van der Waals surface area contributed by atoms with Crippen molar-refractivity contribution in [3.05, 3.63) is 5.01 Å². The van der Waals surface area contributed by atoms with Gasteiger partial charge in [0.2, 0.25) is 5.13 Å². The van der Waals surface area contributed by atoms with Crippen LogP contribution in [0.2, 0.25) is 0 Å². The third-order valence-corrected chi connectivity index (χ3v) is 3.91. The van der Waals surface area contributed by atoms with E-state index < -0.39 is 0 Å². The lowest BCUT2D eigenvalue weighted by Gasteiger charge is -2.26. The molecule has 7 heteroatoms. The average molecular weight is 314 g/mol. The second kappa shape index (κ2) is 8.29. The lowest BCUT2D eigenvalue weighted by atomic mass is 9.87. The van der Waals surface area contributed by atoms with Crippen LogP contribution in [0.25, 0.3) is 0 Å². The van der Waals surface area contributed by atoms with Crippen LogP contribution in [-0.2, 0) is 6.42 Å². The number of rotatable bonds is 8. The van der Waals surface area contributed by atoms with Gasteiger partial charge in [0.25, 0.3) is 0 Å². The number of anilines is 1. The van der Waals surface area contributed by atoms with E-state index in [9.17, 15) is 9.90 Å². The Hall–Kier alpha value is -1.21. The molecule has 0 fully saturated rings. The zero-order valence-electron chi connectivity index (χ0n) is 13.3. The van der Waals surface area contributed by atoms with Crippen LogP contribution in [0.1, 0.15) is 52.0 Å². The fraction of sp³-hybridized carbons (Fsp3) is 0.786. The van der Waals surface area contributed by atoms with Gasteiger partial charge in [0.15, 0.2) is 0 Å². The molecule has 0 aliphatic heterocycles. The number of hydrogen-bond donors (Lipinski definition) is 3. The van der Waals surface area contributed by atoms with E-state index in [0.717, 1.165) is 24.3 Å². The first-order valence-corrected chi connectivity index (χ1v) is 8.19. The number of unbranched alkanes of at least 4 members (excludes halogenated alkanes) is 1. The van der Waals surface area contributed by atoms with Gasteiger partial charge < -0.3 is 10.4 Å². The summed E-state index contributed by atoms with van der Waals surface area (Å²) in [5, 5.41) is 24.4. The van der Waals surface area contributed by atoms with Crippen molar-refractivity contribution in [1.29, 1.82) is 0 Å². The number of nitrogens with one attached hydrogen (secondary N) is 2. The molecule has 120 valence electrons. The quantitative estimate of drug-likeness (QED) is 0.688. The van der Waals surface area contributed by atoms with Gasteiger partial charge in [-0.2, -0.15) is 0 Å². The molecule has 1 heterocycles. The van der Waals surface area contributed by atoms with Gasteiger partial charge >= 0.3 is 6.03 Å². The number of nitrogens with zero attached hydrogens (tertiary/aromatic N) is 2. The molecule has 0 radical (unpaired) electrons. The van der Waals surface area contributed by atoms with Gasteiger partial charge in [-0.3, -0.25) is 5.32 Å². The predicted octanol–water partition coefficient (Wildman–Crippen LogP) is 2.80. The van der Waals surface area contributed by atoms with Gasteiger partial charge in [0, 0.05) is 13.0 Å². The number of aromatic nitrogens is 2. The van der Waals surface area contributed by atoms with Crippen LogP contribution in [0, 0.1) is 5.41 Å². The lowest BCUT2D eigenvalue weighted by molar-refractivity contribution is 0.129. The molecule has 0 spiro atoms. The van der Waals surface area contributed by atoms with Crippen molar-refractivity contribution in [2.45, 2.75) is 59.5 Å². The molecule has 0 saturated heterocycles. The molecule has 1 aromatic rings. The van der Waals surface area contributed by atoms with Gasteiger partial charge in [-0.25, -0.2) is 4.79 Å². The summed E-state index contributed by atoms with van der Waals surface area (Å²) in [7, 11) is 0. The Labute approximate surface area is 130 Å². The number of carbonyl (C=O) groups excluding carboxylic acids is 1. The van der Waals surface area contributed by atoms with Gasteiger partial charge in [-0.05, 0) is 25.2 Å². The SMILES string of the molecule is CCCCc1nnc(NC(=O)NCC(C)(C)CC(C)O)s1. The summed E-state index contributed by atoms with van der Waals surface area (Å²) in [6.07, 6.45) is 3.34. The van der Waals surface area contributed by atoms with Gasteiger partial charge in [-0.1, -0.05) is 38.5 Å². The van der Waals surface area contributed by atoms with Crippen molar-refractivity contribution < 1.29 is 9.90 Å². The Balaban J connectivity index is 2.38. The molecule has 1 unspecified atom stereocenters. The van der Waals surface area contributed by atoms with Crippen LogP contribution in [0.4, 0.5) is 9.93 Å². The molecular weight excluding hydrogens is 288 g/mol. The largest absolute Gasteiger partial charge is 0.393 e. The summed E-state index contributed by atoms with van der Waals surface area (Å²) in [6, 6.07) is -0.285. The van der Waals surface area contributed by atoms with Gasteiger partial charge in [0.1, 0.15) is 5.01 Å². The minimum Gasteiger partial charge on any atom is -0.393 e. The van der Waals surface area contributed by atoms with Crippen LogP contribution in [0.3, 0.4) is 0 Å². The maximum atomic E-state index is 11.8. The topological polar surface area (TPSA) is 87.1 Å². The highest BCUT2D eigenvalue weighted by molar-refractivity contribution is 7.15. The number of aryl methyl sites for hydroxylation is 1. The summed E-state index contributed by atoms with van der Waals surface area (Å²) in [5.74, 6) is 0. The Kier molecular flexibility index (Phi) is 7.04. The number of amides is 2. The molecule has 0 aliphatic carbocycles. The molecule has 21 heavy (non-hydrogen) atoms. The summed E-state index contributed by atoms with van der Waals surface area (Å²) in [6.45, 7) is 8.39. The van der Waals surface area contributed by atoms with E-state index in [2.05, 4.69) is 27.8 Å². The van der Waals surface area contributed by atoms with E-state index in [-0.39, 0.29) is 17.6 Å². The second-order valence-corrected chi connectivity index (χ2v) is 7.19. The molecule has 0 bridgehead atoms. The first-order valence-electron chi connectivity index (χ1n) is 7.37. The minimum atomic E-state index is -0.380. The van der Waals surface area contributed by atoms with Crippen molar-refractivity contribution in [1.82, 2.24) is 15.5 Å². The van der Waals surface area contributed by atoms with Crippen molar-refractivity contribution in [2.24, 2.45) is 5.41 Å². The third kappa shape index (κ3) is 7.38. The molecule has 0 aromatic carbocycles. The van der Waals surface area contributed by atoms with Crippen LogP contribution >= 0.6 is 11.3 Å². The van der Waals surface area contributed by atoms with Crippen LogP contribution in [0.5, 0.6) is 0 Å². The van der Waals surface area contributed by atoms with Gasteiger partial charge in [0.05, 0.1) is 6.10 Å². The Bertz CT molecular complexity index is 446. The minimum absolute atomic E-state index is 0.154. The smallest absolute Gasteiger partial charge is 0.321 e. The molecule has 0 aliphatic rings. The Morgan fingerprint density at radius 2 is 2.14 bits per heavy atom. The zero-order valence-corrected chi connectivity index (χ0v) is 14.1. The van der Waals surface area contributed by atoms with Crippen LogP contribution < -0.4 is 10.6 Å². The number of hydrogen-bond acceptors (Lipinski definition) is 5. The molecule has 1 atom stereocenters. The van der Waals surface area contributed by atoms with Crippen molar-refractivity contribution in [3.8, 4) is 0 Å². The van der Waals surface area contributed by atoms with Crippen LogP contribution in [-0.4, -0.2) is 34.0 Å². The number of aliphatic hydroxyl groups excluding tert-OH is 1. The molecule has 1 rings (SSSR count). The standard InChI is InChI=1S/C14H26N4O2S/c1-5-6-7-11-17-18-13(21-11)16-12(20)15-9-14(3,4)8-10(2)19/h10,19H,5-9H2,1-4H3,(H2,15,16,18,20). The Morgan fingerprint density at radius 1 is 1.43 bits per heavy atom. The fourth-order valence-corrected chi connectivity index (χ4v) is 2.84. The van der Waals surface area contributed by atoms with Crippen molar-refractivity contribution in [3.63, 3.8) is 0 Å². The number of urea groups is 1. The third-order valence-electron chi connectivity index (χ3n) is 3.01. The van der Waals surface area contributed by atoms with E-state index in [1.165, 1.54) is 11.3 Å². The molecular formula is C14H26N4O2S. The highest BCUT2D eigenvalue weighted by Gasteiger charge is 2.21. The van der Waals surface area contributed by atoms with E-state index in [1.54, 1.807) is 6.92 Å². The number of carbonyl (C=O) groups is 1. The summed E-state index contributed by atoms with van der Waals surface area (Å²) in [4.78, 5) is 11.8. The first-order chi connectivity index (χ1) is 9.82. The summed E-state index contributed by atoms with van der Waals surface area (Å²) < 4.78 is 0. The molecule has 3 N–H and O–H groups in total. The molecule has 6 nitrogen and oxygen atoms in total. The van der Waals surface area contributed by atoms with E-state index in [4.69, 9.17) is 0 Å². The fourth-order valence-electron chi connectivity index (χ4n) is 2.07. The van der Waals surface area contributed by atoms with Gasteiger partial charge in [-0.15, -0.1) is 10.2 Å². The maximum absolute atomic E-state index is 11.8. The molecule has 2 amide bonds. The van der Waals surface area contributed by atoms with E-state index in [1.807, 2.05) is 13.8 Å². The lowest BCUT2D eigenvalue weighted by Crippen LogP contribution is -2.38. The predicted molar refractivity (Wildman–Crippen MR) is 85.6 cm³/mol. The zero-order chi connectivity index (χ0) is 15.9. The maximum Gasteiger partial charge on any atom is 0.321 e. The summed E-state index contributed by atoms with van der Waals surface area (Å²) >= 11 is 1.41. The first kappa shape index (κ1) is 17.8. The van der Waals surface area contributed by atoms with E-state index >= 15 is 0 Å². The monoisotopic (exact) mass is 314 g/mol. The second-order valence-electron chi connectivity index (χ2n) is 6.13. The van der Waals surface area contributed by atoms with Crippen LogP contribution in [0.15, 0.2) is 0 Å². The molecule has 0 saturated carbocycles. The number of aliphatic hydroxyl groups is 1.